The molecule has 0 spiro atoms. The molecule has 0 aliphatic heterocycles. The van der Waals surface area contributed by atoms with Crippen molar-refractivity contribution in [1.29, 1.82) is 0 Å². The fourth-order valence-electron chi connectivity index (χ4n) is 3.89. The Kier molecular flexibility index (Phi) is 4.99. The molecule has 2 aromatic rings. The molecule has 3 rings (SSSR count). The van der Waals surface area contributed by atoms with Crippen LogP contribution in [0.25, 0.3) is 10.2 Å². The predicted molar refractivity (Wildman–Crippen MR) is 107 cm³/mol. The Morgan fingerprint density at radius 2 is 2.08 bits per heavy atom. The Bertz CT molecular complexity index is 902. The van der Waals surface area contributed by atoms with Crippen LogP contribution in [0.5, 0.6) is 0 Å². The molecule has 26 heavy (non-hydrogen) atoms. The third-order valence-corrected chi connectivity index (χ3v) is 6.67. The van der Waals surface area contributed by atoms with E-state index in [1.54, 1.807) is 15.9 Å². The number of rotatable bonds is 4. The zero-order valence-electron chi connectivity index (χ0n) is 16.4. The average Bonchev–Trinajstić information content (AvgIpc) is 2.90. The van der Waals surface area contributed by atoms with Crippen LogP contribution < -0.4 is 11.3 Å². The van der Waals surface area contributed by atoms with E-state index in [9.17, 15) is 9.59 Å². The van der Waals surface area contributed by atoms with Gasteiger partial charge >= 0.3 is 0 Å². The summed E-state index contributed by atoms with van der Waals surface area (Å²) in [5.74, 6) is 1.09. The first-order valence-corrected chi connectivity index (χ1v) is 10.2. The molecule has 5 nitrogen and oxygen atoms in total. The number of fused-ring (bicyclic) bond motifs is 3. The number of thiophene rings is 1. The van der Waals surface area contributed by atoms with Gasteiger partial charge in [0.2, 0.25) is 5.91 Å². The van der Waals surface area contributed by atoms with Crippen molar-refractivity contribution in [2.45, 2.75) is 72.8 Å². The van der Waals surface area contributed by atoms with Crippen LogP contribution in [-0.4, -0.2) is 15.5 Å². The monoisotopic (exact) mass is 375 g/mol. The molecule has 0 bridgehead atoms. The van der Waals surface area contributed by atoms with Gasteiger partial charge in [0.25, 0.3) is 5.56 Å². The maximum Gasteiger partial charge on any atom is 0.262 e. The lowest BCUT2D eigenvalue weighted by Gasteiger charge is -2.33. The molecule has 1 aliphatic carbocycles. The van der Waals surface area contributed by atoms with Crippen molar-refractivity contribution < 1.29 is 4.79 Å². The highest BCUT2D eigenvalue weighted by Crippen LogP contribution is 2.42. The van der Waals surface area contributed by atoms with Gasteiger partial charge in [-0.3, -0.25) is 14.2 Å². The van der Waals surface area contributed by atoms with Crippen molar-refractivity contribution in [2.24, 2.45) is 17.1 Å². The van der Waals surface area contributed by atoms with Gasteiger partial charge in [-0.25, -0.2) is 4.98 Å². The van der Waals surface area contributed by atoms with Crippen LogP contribution in [0.2, 0.25) is 0 Å². The number of amides is 1. The van der Waals surface area contributed by atoms with E-state index in [2.05, 4.69) is 20.8 Å². The molecular weight excluding hydrogens is 346 g/mol. The van der Waals surface area contributed by atoms with E-state index in [0.29, 0.717) is 12.5 Å². The van der Waals surface area contributed by atoms with Gasteiger partial charge in [0, 0.05) is 23.8 Å². The number of nitrogens with two attached hydrogens (primary N) is 1. The molecule has 0 radical (unpaired) electrons. The smallest absolute Gasteiger partial charge is 0.262 e. The molecule has 142 valence electrons. The van der Waals surface area contributed by atoms with Crippen molar-refractivity contribution in [2.75, 3.05) is 0 Å². The highest BCUT2D eigenvalue weighted by molar-refractivity contribution is 7.18. The highest BCUT2D eigenvalue weighted by Gasteiger charge is 2.32. The SMILES string of the molecule is CC(C)c1nc2sc3c(c2c(=O)n1CCC(N)=O)CCC(C(C)(C)C)C3. The Morgan fingerprint density at radius 3 is 2.65 bits per heavy atom. The van der Waals surface area contributed by atoms with Crippen LogP contribution in [0.1, 0.15) is 69.6 Å². The average molecular weight is 376 g/mol. The van der Waals surface area contributed by atoms with Gasteiger partial charge in [0.05, 0.1) is 5.39 Å². The maximum absolute atomic E-state index is 13.3. The van der Waals surface area contributed by atoms with Gasteiger partial charge in [-0.1, -0.05) is 34.6 Å². The van der Waals surface area contributed by atoms with E-state index in [0.717, 1.165) is 35.3 Å². The van der Waals surface area contributed by atoms with Gasteiger partial charge in [-0.15, -0.1) is 11.3 Å². The number of aromatic nitrogens is 2. The van der Waals surface area contributed by atoms with Crippen molar-refractivity contribution in [3.63, 3.8) is 0 Å². The van der Waals surface area contributed by atoms with Crippen molar-refractivity contribution >= 4 is 27.5 Å². The Morgan fingerprint density at radius 1 is 1.38 bits per heavy atom. The van der Waals surface area contributed by atoms with E-state index in [1.165, 1.54) is 10.4 Å². The second-order valence-corrected chi connectivity index (χ2v) is 9.87. The number of hydrogen-bond acceptors (Lipinski definition) is 4. The number of carbonyl (C=O) groups is 1. The second-order valence-electron chi connectivity index (χ2n) is 8.79. The first kappa shape index (κ1) is 19.1. The molecule has 2 aromatic heterocycles. The van der Waals surface area contributed by atoms with E-state index in [-0.39, 0.29) is 23.3 Å². The summed E-state index contributed by atoms with van der Waals surface area (Å²) in [6.45, 7) is 11.2. The minimum absolute atomic E-state index is 0.00772. The molecule has 0 saturated carbocycles. The zero-order chi connectivity index (χ0) is 19.2. The molecule has 1 atom stereocenters. The Hall–Kier alpha value is -1.69. The molecule has 2 N–H and O–H groups in total. The third-order valence-electron chi connectivity index (χ3n) is 5.52. The van der Waals surface area contributed by atoms with Crippen LogP contribution in [0.3, 0.4) is 0 Å². The lowest BCUT2D eigenvalue weighted by atomic mass is 9.72. The summed E-state index contributed by atoms with van der Waals surface area (Å²) in [5.41, 5.74) is 6.75. The standard InChI is InChI=1S/C20H29N3O2S/c1-11(2)17-22-18-16(19(25)23(17)9-8-15(21)24)13-7-6-12(20(3,4)5)10-14(13)26-18/h11-12H,6-10H2,1-5H3,(H2,21,24). The van der Waals surface area contributed by atoms with E-state index in [1.807, 2.05) is 13.8 Å². The third kappa shape index (κ3) is 3.43. The molecule has 1 unspecified atom stereocenters. The van der Waals surface area contributed by atoms with Crippen LogP contribution in [0.15, 0.2) is 4.79 Å². The van der Waals surface area contributed by atoms with Crippen molar-refractivity contribution in [1.82, 2.24) is 9.55 Å². The summed E-state index contributed by atoms with van der Waals surface area (Å²) in [5, 5.41) is 0.770. The minimum atomic E-state index is -0.396. The second kappa shape index (κ2) is 6.80. The first-order valence-electron chi connectivity index (χ1n) is 9.43. The van der Waals surface area contributed by atoms with E-state index in [4.69, 9.17) is 10.7 Å². The number of primary amides is 1. The summed E-state index contributed by atoms with van der Waals surface area (Å²) in [6, 6.07) is 0. The molecule has 1 amide bonds. The van der Waals surface area contributed by atoms with Crippen LogP contribution in [0.4, 0.5) is 0 Å². The van der Waals surface area contributed by atoms with E-state index < -0.39 is 5.91 Å². The number of carbonyl (C=O) groups excluding carboxylic acids is 1. The summed E-state index contributed by atoms with van der Waals surface area (Å²) in [4.78, 5) is 31.5. The molecule has 6 heteroatoms. The zero-order valence-corrected chi connectivity index (χ0v) is 17.2. The maximum atomic E-state index is 13.3. The molecule has 1 aliphatic rings. The van der Waals surface area contributed by atoms with Gasteiger partial charge in [-0.2, -0.15) is 0 Å². The van der Waals surface area contributed by atoms with Crippen molar-refractivity contribution in [3.05, 3.63) is 26.6 Å². The van der Waals surface area contributed by atoms with E-state index >= 15 is 0 Å². The van der Waals surface area contributed by atoms with Crippen molar-refractivity contribution in [3.8, 4) is 0 Å². The summed E-state index contributed by atoms with van der Waals surface area (Å²) < 4.78 is 1.67. The molecule has 0 aromatic carbocycles. The fourth-order valence-corrected chi connectivity index (χ4v) is 5.19. The quantitative estimate of drug-likeness (QED) is 0.887. The van der Waals surface area contributed by atoms with Crippen LogP contribution >= 0.6 is 11.3 Å². The lowest BCUT2D eigenvalue weighted by molar-refractivity contribution is -0.118. The Labute approximate surface area is 158 Å². The van der Waals surface area contributed by atoms with Gasteiger partial charge in [0.1, 0.15) is 10.7 Å². The van der Waals surface area contributed by atoms with Gasteiger partial charge < -0.3 is 5.73 Å². The minimum Gasteiger partial charge on any atom is -0.370 e. The topological polar surface area (TPSA) is 78.0 Å². The van der Waals surface area contributed by atoms with Crippen LogP contribution in [-0.2, 0) is 24.2 Å². The largest absolute Gasteiger partial charge is 0.370 e. The van der Waals surface area contributed by atoms with Gasteiger partial charge in [0.15, 0.2) is 0 Å². The summed E-state index contributed by atoms with van der Waals surface area (Å²) in [6.07, 6.45) is 3.23. The lowest BCUT2D eigenvalue weighted by Crippen LogP contribution is -2.29. The molecular formula is C20H29N3O2S. The Balaban J connectivity index is 2.13. The number of hydrogen-bond donors (Lipinski definition) is 1. The predicted octanol–water partition coefficient (Wildman–Crippen LogP) is 3.61. The molecule has 2 heterocycles. The molecule has 0 saturated heterocycles. The first-order chi connectivity index (χ1) is 12.1. The van der Waals surface area contributed by atoms with Gasteiger partial charge in [-0.05, 0) is 36.2 Å². The summed E-state index contributed by atoms with van der Waals surface area (Å²) in [7, 11) is 0. The summed E-state index contributed by atoms with van der Waals surface area (Å²) >= 11 is 1.68. The molecule has 0 fully saturated rings. The fraction of sp³-hybridized carbons (Fsp3) is 0.650. The van der Waals surface area contributed by atoms with Crippen LogP contribution in [0, 0.1) is 11.3 Å². The number of nitrogens with zero attached hydrogens (tertiary/aromatic N) is 2. The number of aryl methyl sites for hydroxylation is 1. The highest BCUT2D eigenvalue weighted by atomic mass is 32.1. The normalized spacial score (nSPS) is 17.7.